The highest BCUT2D eigenvalue weighted by Crippen LogP contribution is 2.04. The van der Waals surface area contributed by atoms with Crippen LogP contribution in [0.3, 0.4) is 0 Å². The Bertz CT molecular complexity index is 449. The lowest BCUT2D eigenvalue weighted by atomic mass is 10.4. The van der Waals surface area contributed by atoms with Gasteiger partial charge in [-0.25, -0.2) is 9.97 Å². The first-order valence-electron chi connectivity index (χ1n) is 5.75. The summed E-state index contributed by atoms with van der Waals surface area (Å²) in [7, 11) is 0. The van der Waals surface area contributed by atoms with E-state index >= 15 is 0 Å². The van der Waals surface area contributed by atoms with Gasteiger partial charge in [0.25, 0.3) is 0 Å². The van der Waals surface area contributed by atoms with Crippen molar-refractivity contribution in [2.45, 2.75) is 33.0 Å². The Morgan fingerprint density at radius 2 is 2.06 bits per heavy atom. The van der Waals surface area contributed by atoms with E-state index in [1.807, 2.05) is 23.0 Å². The van der Waals surface area contributed by atoms with E-state index in [0.717, 1.165) is 24.5 Å². The van der Waals surface area contributed by atoms with Gasteiger partial charge in [-0.2, -0.15) is 5.10 Å². The zero-order valence-corrected chi connectivity index (χ0v) is 10.2. The van der Waals surface area contributed by atoms with Crippen molar-refractivity contribution in [2.75, 3.05) is 0 Å². The lowest BCUT2D eigenvalue weighted by Crippen LogP contribution is -2.14. The molecule has 17 heavy (non-hydrogen) atoms. The fraction of sp³-hybridized carbons (Fsp3) is 0.417. The number of nitrogens with zero attached hydrogens (tertiary/aromatic N) is 4. The smallest absolute Gasteiger partial charge is 0.115 e. The Morgan fingerprint density at radius 3 is 2.71 bits per heavy atom. The van der Waals surface area contributed by atoms with E-state index in [1.165, 1.54) is 0 Å². The van der Waals surface area contributed by atoms with Crippen molar-refractivity contribution in [3.05, 3.63) is 42.2 Å². The molecule has 0 radical (unpaired) electrons. The lowest BCUT2D eigenvalue weighted by molar-refractivity contribution is 0.521. The zero-order chi connectivity index (χ0) is 12.1. The van der Waals surface area contributed by atoms with Crippen LogP contribution in [0, 0.1) is 0 Å². The van der Waals surface area contributed by atoms with Gasteiger partial charge in [0.1, 0.15) is 6.33 Å². The average molecular weight is 231 g/mol. The Morgan fingerprint density at radius 1 is 1.24 bits per heavy atom. The van der Waals surface area contributed by atoms with Gasteiger partial charge in [-0.15, -0.1) is 0 Å². The van der Waals surface area contributed by atoms with Crippen LogP contribution in [-0.2, 0) is 13.1 Å². The highest BCUT2D eigenvalue weighted by atomic mass is 15.3. The molecule has 0 saturated carbocycles. The summed E-state index contributed by atoms with van der Waals surface area (Å²) in [5.41, 5.74) is 2.04. The molecule has 0 aliphatic rings. The van der Waals surface area contributed by atoms with Gasteiger partial charge in [-0.05, 0) is 26.0 Å². The maximum Gasteiger partial charge on any atom is 0.115 e. The minimum absolute atomic E-state index is 0.408. The maximum absolute atomic E-state index is 4.46. The van der Waals surface area contributed by atoms with Crippen LogP contribution in [-0.4, -0.2) is 19.7 Å². The number of nitrogens with one attached hydrogen (secondary N) is 1. The Hall–Kier alpha value is -1.75. The number of hydrogen-bond donors (Lipinski definition) is 1. The molecule has 0 spiro atoms. The van der Waals surface area contributed by atoms with Crippen molar-refractivity contribution in [3.63, 3.8) is 0 Å². The average Bonchev–Trinajstić information content (AvgIpc) is 2.79. The van der Waals surface area contributed by atoms with Crippen LogP contribution in [0.15, 0.2) is 30.9 Å². The van der Waals surface area contributed by atoms with Crippen LogP contribution in [0.2, 0.25) is 0 Å². The molecule has 5 nitrogen and oxygen atoms in total. The summed E-state index contributed by atoms with van der Waals surface area (Å²) in [4.78, 5) is 8.02. The Balaban J connectivity index is 1.82. The van der Waals surface area contributed by atoms with E-state index in [9.17, 15) is 0 Å². The normalized spacial score (nSPS) is 11.0. The third kappa shape index (κ3) is 3.35. The molecule has 2 aromatic heterocycles. The number of aromatic nitrogens is 4. The van der Waals surface area contributed by atoms with E-state index in [4.69, 9.17) is 0 Å². The summed E-state index contributed by atoms with van der Waals surface area (Å²) in [5.74, 6) is 0. The molecule has 0 bridgehead atoms. The first kappa shape index (κ1) is 11.7. The van der Waals surface area contributed by atoms with Crippen molar-refractivity contribution in [1.29, 1.82) is 0 Å². The Labute approximate surface area is 101 Å². The van der Waals surface area contributed by atoms with Crippen LogP contribution < -0.4 is 5.32 Å². The number of hydrogen-bond acceptors (Lipinski definition) is 4. The molecule has 5 heteroatoms. The largest absolute Gasteiger partial charge is 0.305 e. The second-order valence-electron chi connectivity index (χ2n) is 4.19. The van der Waals surface area contributed by atoms with Crippen LogP contribution in [0.1, 0.15) is 31.3 Å². The van der Waals surface area contributed by atoms with E-state index < -0.39 is 0 Å². The molecule has 1 N–H and O–H groups in total. The topological polar surface area (TPSA) is 55.6 Å². The van der Waals surface area contributed by atoms with Crippen molar-refractivity contribution >= 4 is 0 Å². The predicted molar refractivity (Wildman–Crippen MR) is 65.2 cm³/mol. The molecule has 0 aliphatic heterocycles. The molecule has 0 amide bonds. The third-order valence-electron chi connectivity index (χ3n) is 2.45. The third-order valence-corrected chi connectivity index (χ3v) is 2.45. The molecule has 0 atom stereocenters. The summed E-state index contributed by atoms with van der Waals surface area (Å²) in [6.07, 6.45) is 5.31. The van der Waals surface area contributed by atoms with E-state index in [1.54, 1.807) is 12.5 Å². The van der Waals surface area contributed by atoms with Gasteiger partial charge in [0.2, 0.25) is 0 Å². The highest BCUT2D eigenvalue weighted by molar-refractivity contribution is 5.01. The summed E-state index contributed by atoms with van der Waals surface area (Å²) in [5, 5.41) is 7.77. The molecule has 0 fully saturated rings. The lowest BCUT2D eigenvalue weighted by Gasteiger charge is -2.04. The van der Waals surface area contributed by atoms with Crippen LogP contribution in [0.25, 0.3) is 0 Å². The van der Waals surface area contributed by atoms with Crippen molar-refractivity contribution in [1.82, 2.24) is 25.1 Å². The minimum atomic E-state index is 0.408. The van der Waals surface area contributed by atoms with Crippen LogP contribution in [0.5, 0.6) is 0 Å². The Kier molecular flexibility index (Phi) is 3.82. The summed E-state index contributed by atoms with van der Waals surface area (Å²) >= 11 is 0. The number of rotatable bonds is 5. The quantitative estimate of drug-likeness (QED) is 0.848. The molecular weight excluding hydrogens is 214 g/mol. The molecule has 2 rings (SSSR count). The van der Waals surface area contributed by atoms with Crippen LogP contribution >= 0.6 is 0 Å². The van der Waals surface area contributed by atoms with Gasteiger partial charge >= 0.3 is 0 Å². The van der Waals surface area contributed by atoms with Gasteiger partial charge in [-0.1, -0.05) is 0 Å². The summed E-state index contributed by atoms with van der Waals surface area (Å²) in [6, 6.07) is 4.35. The van der Waals surface area contributed by atoms with E-state index in [-0.39, 0.29) is 0 Å². The molecule has 0 unspecified atom stereocenters. The fourth-order valence-corrected chi connectivity index (χ4v) is 1.50. The van der Waals surface area contributed by atoms with Gasteiger partial charge in [-0.3, -0.25) is 4.68 Å². The van der Waals surface area contributed by atoms with Gasteiger partial charge in [0, 0.05) is 31.5 Å². The fourth-order valence-electron chi connectivity index (χ4n) is 1.50. The van der Waals surface area contributed by atoms with Crippen molar-refractivity contribution < 1.29 is 0 Å². The standard InChI is InChI=1S/C12H17N5/c1-10(2)17-6-4-12(16-17)8-14-7-11-3-5-13-9-15-11/h3-6,9-10,14H,7-8H2,1-2H3. The van der Waals surface area contributed by atoms with Gasteiger partial charge in [0.05, 0.1) is 11.4 Å². The maximum atomic E-state index is 4.46. The molecule has 90 valence electrons. The first-order chi connectivity index (χ1) is 8.25. The highest BCUT2D eigenvalue weighted by Gasteiger charge is 2.01. The molecule has 2 heterocycles. The molecular formula is C12H17N5. The molecule has 0 aliphatic carbocycles. The summed E-state index contributed by atoms with van der Waals surface area (Å²) in [6.45, 7) is 5.72. The second kappa shape index (κ2) is 5.54. The molecule has 0 aromatic carbocycles. The van der Waals surface area contributed by atoms with Gasteiger partial charge in [0.15, 0.2) is 0 Å². The SMILES string of the molecule is CC(C)n1ccc(CNCc2ccncn2)n1. The summed E-state index contributed by atoms with van der Waals surface area (Å²) < 4.78 is 1.96. The van der Waals surface area contributed by atoms with E-state index in [0.29, 0.717) is 6.04 Å². The van der Waals surface area contributed by atoms with Gasteiger partial charge < -0.3 is 5.32 Å². The minimum Gasteiger partial charge on any atom is -0.305 e. The monoisotopic (exact) mass is 231 g/mol. The van der Waals surface area contributed by atoms with Crippen molar-refractivity contribution in [2.24, 2.45) is 0 Å². The first-order valence-corrected chi connectivity index (χ1v) is 5.75. The van der Waals surface area contributed by atoms with Crippen LogP contribution in [0.4, 0.5) is 0 Å². The van der Waals surface area contributed by atoms with E-state index in [2.05, 4.69) is 34.2 Å². The predicted octanol–water partition coefficient (Wildman–Crippen LogP) is 1.54. The second-order valence-corrected chi connectivity index (χ2v) is 4.19. The zero-order valence-electron chi connectivity index (χ0n) is 10.2. The molecule has 0 saturated heterocycles. The van der Waals surface area contributed by atoms with Crippen molar-refractivity contribution in [3.8, 4) is 0 Å². The molecule has 2 aromatic rings.